The van der Waals surface area contributed by atoms with E-state index in [2.05, 4.69) is 183 Å². The third-order valence-corrected chi connectivity index (χ3v) is 11.1. The minimum atomic E-state index is 0.734. The number of nitrogens with zero attached hydrogens (tertiary/aromatic N) is 5. The summed E-state index contributed by atoms with van der Waals surface area (Å²) >= 11 is 0. The lowest BCUT2D eigenvalue weighted by atomic mass is 9.91. The van der Waals surface area contributed by atoms with Crippen LogP contribution in [0.1, 0.15) is 5.56 Å². The third kappa shape index (κ3) is 4.45. The minimum Gasteiger partial charge on any atom is -0.335 e. The van der Waals surface area contributed by atoms with E-state index in [1.807, 2.05) is 18.3 Å². The molecule has 0 unspecified atom stereocenters. The number of aliphatic imine (C=N–C) groups is 1. The van der Waals surface area contributed by atoms with E-state index in [9.17, 15) is 0 Å². The number of aromatic nitrogens is 3. The molecule has 0 spiro atoms. The molecule has 0 bridgehead atoms. The first-order valence-electron chi connectivity index (χ1n) is 18.3. The van der Waals surface area contributed by atoms with E-state index < -0.39 is 0 Å². The average Bonchev–Trinajstić information content (AvgIpc) is 3.76. The number of anilines is 2. The van der Waals surface area contributed by atoms with Gasteiger partial charge >= 0.3 is 0 Å². The van der Waals surface area contributed by atoms with Crippen molar-refractivity contribution in [1.29, 1.82) is 0 Å². The molecule has 5 nitrogen and oxygen atoms in total. The van der Waals surface area contributed by atoms with Crippen LogP contribution in [0.5, 0.6) is 0 Å². The zero-order chi connectivity index (χ0) is 35.8. The van der Waals surface area contributed by atoms with Crippen LogP contribution in [0.4, 0.5) is 17.1 Å². The van der Waals surface area contributed by atoms with Crippen molar-refractivity contribution in [3.8, 4) is 33.8 Å². The molecule has 0 amide bonds. The van der Waals surface area contributed by atoms with Gasteiger partial charge in [-0.3, -0.25) is 9.56 Å². The molecule has 11 rings (SSSR count). The monoisotopic (exact) mass is 691 g/mol. The molecule has 254 valence electrons. The second kappa shape index (κ2) is 11.9. The summed E-state index contributed by atoms with van der Waals surface area (Å²) in [6.45, 7) is 4.64. The Morgan fingerprint density at radius 1 is 0.519 bits per heavy atom. The number of benzene rings is 7. The number of rotatable bonds is 5. The molecular weight excluding hydrogens is 659 g/mol. The quantitative estimate of drug-likeness (QED) is 0.169. The van der Waals surface area contributed by atoms with Crippen LogP contribution in [-0.2, 0) is 6.54 Å². The Hall–Kier alpha value is -7.24. The fourth-order valence-electron chi connectivity index (χ4n) is 8.70. The predicted octanol–water partition coefficient (Wildman–Crippen LogP) is 12.6. The first-order valence-corrected chi connectivity index (χ1v) is 18.3. The lowest BCUT2D eigenvalue weighted by molar-refractivity contribution is 0.960. The normalized spacial score (nSPS) is 12.4. The van der Waals surface area contributed by atoms with Gasteiger partial charge in [0.25, 0.3) is 0 Å². The van der Waals surface area contributed by atoms with E-state index in [1.54, 1.807) is 0 Å². The summed E-state index contributed by atoms with van der Waals surface area (Å²) in [5.41, 5.74) is 14.8. The maximum Gasteiger partial charge on any atom is 0.138 e. The maximum atomic E-state index is 5.10. The second-order valence-electron chi connectivity index (χ2n) is 13.9. The van der Waals surface area contributed by atoms with Crippen LogP contribution in [0.25, 0.3) is 77.4 Å². The SMILES string of the molecule is C=Nc1ccccc1N1Cc2ccccc2-c2c1ccc1c3ccccc3n(-c3cc(-c4ccc5c(c4)c4ccccc4n5-c4ccccc4)ccn3)c21. The van der Waals surface area contributed by atoms with Gasteiger partial charge in [-0.15, -0.1) is 0 Å². The molecule has 3 aromatic heterocycles. The van der Waals surface area contributed by atoms with Crippen molar-refractivity contribution < 1.29 is 0 Å². The maximum absolute atomic E-state index is 5.10. The zero-order valence-corrected chi connectivity index (χ0v) is 29.4. The van der Waals surface area contributed by atoms with Crippen molar-refractivity contribution in [2.75, 3.05) is 4.90 Å². The molecule has 5 heteroatoms. The summed E-state index contributed by atoms with van der Waals surface area (Å²) < 4.78 is 4.73. The largest absolute Gasteiger partial charge is 0.335 e. The van der Waals surface area contributed by atoms with Crippen LogP contribution in [0.15, 0.2) is 181 Å². The van der Waals surface area contributed by atoms with E-state index in [1.165, 1.54) is 49.3 Å². The fourth-order valence-corrected chi connectivity index (χ4v) is 8.70. The van der Waals surface area contributed by atoms with Gasteiger partial charge in [0.2, 0.25) is 0 Å². The van der Waals surface area contributed by atoms with Gasteiger partial charge in [-0.25, -0.2) is 4.98 Å². The van der Waals surface area contributed by atoms with Crippen LogP contribution in [-0.4, -0.2) is 20.8 Å². The Bertz CT molecular complexity index is 3110. The van der Waals surface area contributed by atoms with E-state index in [0.717, 1.165) is 57.3 Å². The van der Waals surface area contributed by atoms with Gasteiger partial charge in [-0.2, -0.15) is 0 Å². The van der Waals surface area contributed by atoms with Crippen molar-refractivity contribution in [3.05, 3.63) is 182 Å². The van der Waals surface area contributed by atoms with Crippen LogP contribution >= 0.6 is 0 Å². The van der Waals surface area contributed by atoms with Gasteiger partial charge in [-0.05, 0) is 95.7 Å². The number of para-hydroxylation sites is 5. The molecule has 10 aromatic rings. The summed E-state index contributed by atoms with van der Waals surface area (Å²) in [6.07, 6.45) is 1.95. The molecule has 0 aliphatic carbocycles. The summed E-state index contributed by atoms with van der Waals surface area (Å²) in [5, 5.41) is 4.85. The Morgan fingerprint density at radius 3 is 2.06 bits per heavy atom. The topological polar surface area (TPSA) is 38.4 Å². The highest BCUT2D eigenvalue weighted by atomic mass is 15.2. The van der Waals surface area contributed by atoms with Crippen LogP contribution in [0.2, 0.25) is 0 Å². The summed E-state index contributed by atoms with van der Waals surface area (Å²) in [7, 11) is 0. The number of hydrogen-bond donors (Lipinski definition) is 0. The summed E-state index contributed by atoms with van der Waals surface area (Å²) in [4.78, 5) is 11.9. The van der Waals surface area contributed by atoms with Crippen molar-refractivity contribution in [1.82, 2.24) is 14.1 Å². The molecule has 1 aliphatic rings. The molecular formula is C49H33N5. The highest BCUT2D eigenvalue weighted by molar-refractivity contribution is 6.17. The second-order valence-corrected chi connectivity index (χ2v) is 13.9. The Balaban J connectivity index is 1.15. The van der Waals surface area contributed by atoms with Crippen LogP contribution in [0.3, 0.4) is 0 Å². The average molecular weight is 692 g/mol. The lowest BCUT2D eigenvalue weighted by Gasteiger charge is -2.34. The number of fused-ring (bicyclic) bond motifs is 10. The van der Waals surface area contributed by atoms with Gasteiger partial charge in [0.1, 0.15) is 5.82 Å². The highest BCUT2D eigenvalue weighted by Gasteiger charge is 2.29. The minimum absolute atomic E-state index is 0.734. The van der Waals surface area contributed by atoms with E-state index in [4.69, 9.17) is 4.98 Å². The molecule has 7 aromatic carbocycles. The Kier molecular flexibility index (Phi) is 6.70. The summed E-state index contributed by atoms with van der Waals surface area (Å²) in [5.74, 6) is 0.877. The van der Waals surface area contributed by atoms with E-state index in [-0.39, 0.29) is 0 Å². The molecule has 0 saturated carbocycles. The Labute approximate surface area is 312 Å². The Morgan fingerprint density at radius 2 is 1.20 bits per heavy atom. The lowest BCUT2D eigenvalue weighted by Crippen LogP contribution is -2.22. The van der Waals surface area contributed by atoms with Crippen LogP contribution < -0.4 is 4.90 Å². The van der Waals surface area contributed by atoms with Crippen molar-refractivity contribution in [2.24, 2.45) is 4.99 Å². The van der Waals surface area contributed by atoms with Gasteiger partial charge in [-0.1, -0.05) is 103 Å². The molecule has 0 saturated heterocycles. The van der Waals surface area contributed by atoms with Gasteiger partial charge in [0, 0.05) is 45.5 Å². The van der Waals surface area contributed by atoms with Gasteiger partial charge < -0.3 is 9.47 Å². The van der Waals surface area contributed by atoms with Gasteiger partial charge in [0.15, 0.2) is 0 Å². The van der Waals surface area contributed by atoms with Gasteiger partial charge in [0.05, 0.1) is 39.1 Å². The summed E-state index contributed by atoms with van der Waals surface area (Å²) in [6, 6.07) is 60.8. The first kappa shape index (κ1) is 30.4. The number of hydrogen-bond acceptors (Lipinski definition) is 3. The van der Waals surface area contributed by atoms with E-state index in [0.29, 0.717) is 0 Å². The first-order chi connectivity index (χ1) is 26.8. The number of pyridine rings is 1. The molecule has 0 fully saturated rings. The fraction of sp³-hybridized carbons (Fsp3) is 0.0204. The van der Waals surface area contributed by atoms with Crippen molar-refractivity contribution in [3.63, 3.8) is 0 Å². The third-order valence-electron chi connectivity index (χ3n) is 11.1. The standard InChI is InChI=1S/C49H33N5/c1-50-41-19-9-12-22-45(41)52-31-34-13-5-6-16-36(34)48-46(52)26-24-39-37-17-7-11-21-43(37)54(49(39)48)47-30-33(27-28-51-47)32-23-25-44-40(29-32)38-18-8-10-20-42(38)53(44)35-14-3-2-4-15-35/h2-30H,1,31H2. The van der Waals surface area contributed by atoms with Crippen LogP contribution in [0, 0.1) is 0 Å². The smallest absolute Gasteiger partial charge is 0.138 e. The molecule has 0 radical (unpaired) electrons. The molecule has 0 atom stereocenters. The van der Waals surface area contributed by atoms with Crippen molar-refractivity contribution >= 4 is 67.4 Å². The molecule has 0 N–H and O–H groups in total. The van der Waals surface area contributed by atoms with Crippen molar-refractivity contribution in [2.45, 2.75) is 6.54 Å². The molecule has 1 aliphatic heterocycles. The molecule has 54 heavy (non-hydrogen) atoms. The molecule has 4 heterocycles. The predicted molar refractivity (Wildman–Crippen MR) is 225 cm³/mol. The highest BCUT2D eigenvalue weighted by Crippen LogP contribution is 2.50. The zero-order valence-electron chi connectivity index (χ0n) is 29.4. The van der Waals surface area contributed by atoms with E-state index >= 15 is 0 Å².